The molecule has 1 saturated heterocycles. The van der Waals surface area contributed by atoms with E-state index in [1.165, 1.54) is 0 Å². The van der Waals surface area contributed by atoms with Gasteiger partial charge in [0.15, 0.2) is 0 Å². The molecule has 1 fully saturated rings. The first-order chi connectivity index (χ1) is 12.4. The van der Waals surface area contributed by atoms with Crippen molar-refractivity contribution in [1.82, 2.24) is 4.90 Å². The lowest BCUT2D eigenvalue weighted by molar-refractivity contribution is 0.0682. The number of carbonyl (C=O) groups excluding carboxylic acids is 1. The number of nitrogens with zero attached hydrogens (tertiary/aromatic N) is 1. The Morgan fingerprint density at radius 2 is 1.85 bits per heavy atom. The molecule has 26 heavy (non-hydrogen) atoms. The van der Waals surface area contributed by atoms with E-state index in [2.05, 4.69) is 11.6 Å². The molecule has 138 valence electrons. The topological polar surface area (TPSA) is 66.5 Å². The van der Waals surface area contributed by atoms with Crippen molar-refractivity contribution >= 4 is 21.6 Å². The number of nitrogens with one attached hydrogen (secondary N) is 1. The van der Waals surface area contributed by atoms with Crippen LogP contribution in [0.5, 0.6) is 0 Å². The van der Waals surface area contributed by atoms with Gasteiger partial charge in [-0.2, -0.15) is 0 Å². The zero-order valence-corrected chi connectivity index (χ0v) is 15.9. The smallest absolute Gasteiger partial charge is 0.261 e. The van der Waals surface area contributed by atoms with Crippen LogP contribution in [0.3, 0.4) is 0 Å². The predicted octanol–water partition coefficient (Wildman–Crippen LogP) is 3.67. The molecule has 1 heterocycles. The van der Waals surface area contributed by atoms with Crippen molar-refractivity contribution < 1.29 is 13.2 Å². The summed E-state index contributed by atoms with van der Waals surface area (Å²) in [5, 5.41) is 0. The second-order valence-electron chi connectivity index (χ2n) is 6.90. The average Bonchev–Trinajstić information content (AvgIpc) is 2.63. The molecule has 5 nitrogen and oxygen atoms in total. The fraction of sp³-hybridized carbons (Fsp3) is 0.350. The van der Waals surface area contributed by atoms with Crippen molar-refractivity contribution in [3.05, 3.63) is 59.7 Å². The standard InChI is InChI=1S/C20H24N2O3S/c1-15-8-7-13-22(14-15)20(23)18-11-6-12-19(16(18)2)21-26(24,25)17-9-4-3-5-10-17/h3-6,9-12,15,21H,7-8,13-14H2,1-2H3. The van der Waals surface area contributed by atoms with E-state index in [-0.39, 0.29) is 10.8 Å². The molecule has 6 heteroatoms. The summed E-state index contributed by atoms with van der Waals surface area (Å²) in [5.74, 6) is 0.461. The van der Waals surface area contributed by atoms with Crippen LogP contribution in [0.15, 0.2) is 53.4 Å². The molecule has 0 saturated carbocycles. The SMILES string of the molecule is Cc1c(NS(=O)(=O)c2ccccc2)cccc1C(=O)N1CCCC(C)C1. The van der Waals surface area contributed by atoms with Crippen LogP contribution >= 0.6 is 0 Å². The molecule has 2 aromatic carbocycles. The zero-order chi connectivity index (χ0) is 18.7. The third-order valence-electron chi connectivity index (χ3n) is 4.81. The lowest BCUT2D eigenvalue weighted by Gasteiger charge is -2.31. The van der Waals surface area contributed by atoms with Gasteiger partial charge in [-0.1, -0.05) is 31.2 Å². The first-order valence-electron chi connectivity index (χ1n) is 8.85. The largest absolute Gasteiger partial charge is 0.338 e. The van der Waals surface area contributed by atoms with Gasteiger partial charge in [-0.25, -0.2) is 8.42 Å². The summed E-state index contributed by atoms with van der Waals surface area (Å²) in [7, 11) is -3.69. The van der Waals surface area contributed by atoms with Crippen LogP contribution in [-0.2, 0) is 10.0 Å². The summed E-state index contributed by atoms with van der Waals surface area (Å²) in [6, 6.07) is 13.4. The van der Waals surface area contributed by atoms with Gasteiger partial charge >= 0.3 is 0 Å². The normalized spacial score (nSPS) is 17.8. The van der Waals surface area contributed by atoms with E-state index in [4.69, 9.17) is 0 Å². The molecule has 2 aromatic rings. The molecular weight excluding hydrogens is 348 g/mol. The third kappa shape index (κ3) is 3.90. The van der Waals surface area contributed by atoms with Gasteiger partial charge in [0.1, 0.15) is 0 Å². The molecule has 1 amide bonds. The minimum Gasteiger partial charge on any atom is -0.338 e. The molecule has 1 atom stereocenters. The lowest BCUT2D eigenvalue weighted by Crippen LogP contribution is -2.39. The summed E-state index contributed by atoms with van der Waals surface area (Å²) in [4.78, 5) is 15.0. The van der Waals surface area contributed by atoms with E-state index in [1.54, 1.807) is 55.5 Å². The Kier molecular flexibility index (Phi) is 5.32. The van der Waals surface area contributed by atoms with Crippen molar-refractivity contribution in [2.45, 2.75) is 31.6 Å². The minimum atomic E-state index is -3.69. The van der Waals surface area contributed by atoms with E-state index in [1.807, 2.05) is 4.90 Å². The van der Waals surface area contributed by atoms with Gasteiger partial charge in [0.25, 0.3) is 15.9 Å². The number of anilines is 1. The molecule has 0 radical (unpaired) electrons. The first kappa shape index (κ1) is 18.5. The summed E-state index contributed by atoms with van der Waals surface area (Å²) in [6.07, 6.45) is 2.14. The van der Waals surface area contributed by atoms with Crippen LogP contribution in [0.4, 0.5) is 5.69 Å². The molecule has 0 spiro atoms. The van der Waals surface area contributed by atoms with Crippen molar-refractivity contribution in [2.24, 2.45) is 5.92 Å². The molecule has 3 rings (SSSR count). The maximum Gasteiger partial charge on any atom is 0.261 e. The Morgan fingerprint density at radius 3 is 2.54 bits per heavy atom. The minimum absolute atomic E-state index is 0.0326. The van der Waals surface area contributed by atoms with Crippen LogP contribution in [0.2, 0.25) is 0 Å². The highest BCUT2D eigenvalue weighted by Gasteiger charge is 2.24. The molecule has 0 aromatic heterocycles. The third-order valence-corrected chi connectivity index (χ3v) is 6.19. The van der Waals surface area contributed by atoms with Gasteiger partial charge in [-0.3, -0.25) is 9.52 Å². The monoisotopic (exact) mass is 372 g/mol. The maximum atomic E-state index is 12.9. The number of hydrogen-bond donors (Lipinski definition) is 1. The van der Waals surface area contributed by atoms with Gasteiger partial charge in [0.2, 0.25) is 0 Å². The predicted molar refractivity (Wildman–Crippen MR) is 103 cm³/mol. The molecule has 0 bridgehead atoms. The zero-order valence-electron chi connectivity index (χ0n) is 15.1. The van der Waals surface area contributed by atoms with E-state index >= 15 is 0 Å². The Labute approximate surface area is 155 Å². The van der Waals surface area contributed by atoms with Crippen molar-refractivity contribution in [3.63, 3.8) is 0 Å². The highest BCUT2D eigenvalue weighted by atomic mass is 32.2. The second-order valence-corrected chi connectivity index (χ2v) is 8.58. The van der Waals surface area contributed by atoms with E-state index in [0.717, 1.165) is 25.9 Å². The average molecular weight is 372 g/mol. The molecule has 1 N–H and O–H groups in total. The van der Waals surface area contributed by atoms with Crippen molar-refractivity contribution in [3.8, 4) is 0 Å². The summed E-state index contributed by atoms with van der Waals surface area (Å²) >= 11 is 0. The van der Waals surface area contributed by atoms with Gasteiger partial charge in [0.05, 0.1) is 10.6 Å². The van der Waals surface area contributed by atoms with Crippen LogP contribution in [0, 0.1) is 12.8 Å². The Bertz CT molecular complexity index is 895. The Morgan fingerprint density at radius 1 is 1.12 bits per heavy atom. The summed E-state index contributed by atoms with van der Waals surface area (Å²) < 4.78 is 27.8. The summed E-state index contributed by atoms with van der Waals surface area (Å²) in [6.45, 7) is 5.43. The van der Waals surface area contributed by atoms with Crippen molar-refractivity contribution in [2.75, 3.05) is 17.8 Å². The molecule has 1 aliphatic rings. The maximum absolute atomic E-state index is 12.9. The number of sulfonamides is 1. The van der Waals surface area contributed by atoms with Gasteiger partial charge < -0.3 is 4.90 Å². The molecular formula is C20H24N2O3S. The number of hydrogen-bond acceptors (Lipinski definition) is 3. The quantitative estimate of drug-likeness (QED) is 0.890. The highest BCUT2D eigenvalue weighted by Crippen LogP contribution is 2.25. The molecule has 0 aliphatic carbocycles. The van der Waals surface area contributed by atoms with Crippen LogP contribution in [0.1, 0.15) is 35.7 Å². The van der Waals surface area contributed by atoms with E-state index < -0.39 is 10.0 Å². The van der Waals surface area contributed by atoms with E-state index in [0.29, 0.717) is 22.7 Å². The van der Waals surface area contributed by atoms with Crippen molar-refractivity contribution in [1.29, 1.82) is 0 Å². The van der Waals surface area contributed by atoms with Crippen LogP contribution in [0.25, 0.3) is 0 Å². The second kappa shape index (κ2) is 7.50. The fourth-order valence-electron chi connectivity index (χ4n) is 3.33. The highest BCUT2D eigenvalue weighted by molar-refractivity contribution is 7.92. The van der Waals surface area contributed by atoms with Gasteiger partial charge in [-0.15, -0.1) is 0 Å². The lowest BCUT2D eigenvalue weighted by atomic mass is 9.98. The molecule has 1 aliphatic heterocycles. The number of rotatable bonds is 4. The van der Waals surface area contributed by atoms with Gasteiger partial charge in [-0.05, 0) is 55.5 Å². The Balaban J connectivity index is 1.87. The van der Waals surface area contributed by atoms with Gasteiger partial charge in [0, 0.05) is 18.7 Å². The Hall–Kier alpha value is -2.34. The molecule has 1 unspecified atom stereocenters. The first-order valence-corrected chi connectivity index (χ1v) is 10.3. The van der Waals surface area contributed by atoms with E-state index in [9.17, 15) is 13.2 Å². The van der Waals surface area contributed by atoms with Crippen LogP contribution in [-0.4, -0.2) is 32.3 Å². The summed E-state index contributed by atoms with van der Waals surface area (Å²) in [5.41, 5.74) is 1.63. The number of amides is 1. The number of piperidine rings is 1. The number of benzene rings is 2. The fourth-order valence-corrected chi connectivity index (χ4v) is 4.47. The van der Waals surface area contributed by atoms with Crippen LogP contribution < -0.4 is 4.72 Å². The number of carbonyl (C=O) groups is 1. The number of likely N-dealkylation sites (tertiary alicyclic amines) is 1.